The number of hydrogen-bond donors (Lipinski definition) is 0. The smallest absolute Gasteiger partial charge is 0.0618 e. The lowest BCUT2D eigenvalue weighted by Crippen LogP contribution is -1.38. The SMILES string of the molecule is C.CC.CCC#N. The molecule has 0 unspecified atom stereocenters. The molecule has 0 aromatic carbocycles. The minimum Gasteiger partial charge on any atom is -0.198 e. The van der Waals surface area contributed by atoms with E-state index in [0.717, 1.165) is 0 Å². The molecule has 1 nitrogen and oxygen atoms in total. The summed E-state index contributed by atoms with van der Waals surface area (Å²) in [5.41, 5.74) is 0. The molecule has 0 aliphatic rings. The van der Waals surface area contributed by atoms with Gasteiger partial charge in [0, 0.05) is 6.42 Å². The van der Waals surface area contributed by atoms with Crippen LogP contribution in [0.4, 0.5) is 0 Å². The molecule has 0 rings (SSSR count). The van der Waals surface area contributed by atoms with Crippen LogP contribution in [0, 0.1) is 11.3 Å². The van der Waals surface area contributed by atoms with Crippen molar-refractivity contribution in [3.05, 3.63) is 0 Å². The molecule has 0 spiro atoms. The van der Waals surface area contributed by atoms with E-state index in [4.69, 9.17) is 5.26 Å². The average molecular weight is 101 g/mol. The van der Waals surface area contributed by atoms with Crippen LogP contribution in [0.3, 0.4) is 0 Å². The quantitative estimate of drug-likeness (QED) is 0.460. The van der Waals surface area contributed by atoms with Crippen molar-refractivity contribution >= 4 is 0 Å². The van der Waals surface area contributed by atoms with E-state index in [1.54, 1.807) is 0 Å². The van der Waals surface area contributed by atoms with Gasteiger partial charge in [-0.25, -0.2) is 0 Å². The molecule has 0 aromatic heterocycles. The third-order valence-corrected chi connectivity index (χ3v) is 0.158. The fraction of sp³-hybridized carbons (Fsp3) is 0.833. The highest BCUT2D eigenvalue weighted by Crippen LogP contribution is 1.58. The molecule has 44 valence electrons. The molecule has 0 radical (unpaired) electrons. The predicted molar refractivity (Wildman–Crippen MR) is 34.0 cm³/mol. The zero-order valence-corrected chi connectivity index (χ0v) is 4.65. The second kappa shape index (κ2) is 49.9. The van der Waals surface area contributed by atoms with Gasteiger partial charge in [-0.2, -0.15) is 5.26 Å². The van der Waals surface area contributed by atoms with Gasteiger partial charge in [0.1, 0.15) is 0 Å². The summed E-state index contributed by atoms with van der Waals surface area (Å²) in [6.07, 6.45) is 0.625. The maximum Gasteiger partial charge on any atom is 0.0618 e. The molecule has 0 aliphatic heterocycles. The molecule has 0 atom stereocenters. The topological polar surface area (TPSA) is 23.8 Å². The first kappa shape index (κ1) is 16.1. The van der Waals surface area contributed by atoms with Crippen molar-refractivity contribution in [3.8, 4) is 6.07 Å². The van der Waals surface area contributed by atoms with Gasteiger partial charge in [0.05, 0.1) is 6.07 Å². The van der Waals surface area contributed by atoms with Crippen molar-refractivity contribution in [2.45, 2.75) is 34.6 Å². The highest BCUT2D eigenvalue weighted by molar-refractivity contribution is 4.61. The van der Waals surface area contributed by atoms with Gasteiger partial charge >= 0.3 is 0 Å². The number of nitrogens with zero attached hydrogens (tertiary/aromatic N) is 1. The summed E-state index contributed by atoms with van der Waals surface area (Å²) < 4.78 is 0. The molecular weight excluding hydrogens is 86.1 g/mol. The highest BCUT2D eigenvalue weighted by Gasteiger charge is 1.49. The van der Waals surface area contributed by atoms with Gasteiger partial charge in [-0.15, -0.1) is 0 Å². The normalized spacial score (nSPS) is 3.71. The Bertz CT molecular complexity index is 33.9. The van der Waals surface area contributed by atoms with Crippen molar-refractivity contribution in [1.29, 1.82) is 5.26 Å². The van der Waals surface area contributed by atoms with Crippen molar-refractivity contribution in [2.24, 2.45) is 0 Å². The summed E-state index contributed by atoms with van der Waals surface area (Å²) >= 11 is 0. The Morgan fingerprint density at radius 3 is 1.57 bits per heavy atom. The van der Waals surface area contributed by atoms with E-state index in [2.05, 4.69) is 0 Å². The van der Waals surface area contributed by atoms with Crippen LogP contribution in [0.15, 0.2) is 0 Å². The summed E-state index contributed by atoms with van der Waals surface area (Å²) in [5.74, 6) is 0. The molecule has 0 fully saturated rings. The lowest BCUT2D eigenvalue weighted by Gasteiger charge is -1.47. The fourth-order valence-corrected chi connectivity index (χ4v) is 0. The number of nitriles is 1. The van der Waals surface area contributed by atoms with Gasteiger partial charge in [0.25, 0.3) is 0 Å². The van der Waals surface area contributed by atoms with E-state index in [0.29, 0.717) is 6.42 Å². The maximum atomic E-state index is 7.62. The number of hydrogen-bond acceptors (Lipinski definition) is 1. The molecule has 1 heteroatoms. The van der Waals surface area contributed by atoms with E-state index in [1.807, 2.05) is 26.8 Å². The van der Waals surface area contributed by atoms with Gasteiger partial charge < -0.3 is 0 Å². The summed E-state index contributed by atoms with van der Waals surface area (Å²) in [6, 6.07) is 1.93. The van der Waals surface area contributed by atoms with E-state index in [9.17, 15) is 0 Å². The van der Waals surface area contributed by atoms with Gasteiger partial charge in [-0.05, 0) is 0 Å². The third kappa shape index (κ3) is 279. The van der Waals surface area contributed by atoms with Crippen LogP contribution in [-0.2, 0) is 0 Å². The second-order valence-corrected chi connectivity index (χ2v) is 0.512. The van der Waals surface area contributed by atoms with Crippen LogP contribution in [0.2, 0.25) is 0 Å². The summed E-state index contributed by atoms with van der Waals surface area (Å²) in [4.78, 5) is 0. The zero-order chi connectivity index (χ0) is 5.41. The van der Waals surface area contributed by atoms with Crippen molar-refractivity contribution in [3.63, 3.8) is 0 Å². The lowest BCUT2D eigenvalue weighted by atomic mass is 10.6. The van der Waals surface area contributed by atoms with E-state index < -0.39 is 0 Å². The van der Waals surface area contributed by atoms with Crippen molar-refractivity contribution < 1.29 is 0 Å². The van der Waals surface area contributed by atoms with Gasteiger partial charge in [-0.1, -0.05) is 28.2 Å². The minimum atomic E-state index is 0. The van der Waals surface area contributed by atoms with Crippen LogP contribution >= 0.6 is 0 Å². The van der Waals surface area contributed by atoms with Crippen LogP contribution < -0.4 is 0 Å². The maximum absolute atomic E-state index is 7.62. The Hall–Kier alpha value is -0.510. The fourth-order valence-electron chi connectivity index (χ4n) is 0. The van der Waals surface area contributed by atoms with Gasteiger partial charge in [-0.3, -0.25) is 0 Å². The molecule has 0 aromatic rings. The molecule has 0 N–H and O–H groups in total. The first-order chi connectivity index (χ1) is 2.91. The first-order valence-corrected chi connectivity index (χ1v) is 2.28. The van der Waals surface area contributed by atoms with Crippen LogP contribution in [0.25, 0.3) is 0 Å². The standard InChI is InChI=1S/C3H5N.C2H6.CH4/c1-2-3-4;1-2;/h2H2,1H3;1-2H3;1H4. The molecule has 0 saturated carbocycles. The Kier molecular flexibility index (Phi) is 114. The van der Waals surface area contributed by atoms with Gasteiger partial charge in [0.2, 0.25) is 0 Å². The minimum absolute atomic E-state index is 0. The van der Waals surface area contributed by atoms with Crippen molar-refractivity contribution in [2.75, 3.05) is 0 Å². The van der Waals surface area contributed by atoms with Crippen LogP contribution in [0.5, 0.6) is 0 Å². The molecule has 7 heavy (non-hydrogen) atoms. The van der Waals surface area contributed by atoms with Crippen LogP contribution in [-0.4, -0.2) is 0 Å². The number of rotatable bonds is 0. The highest BCUT2D eigenvalue weighted by atomic mass is 14.2. The summed E-state index contributed by atoms with van der Waals surface area (Å²) in [7, 11) is 0. The van der Waals surface area contributed by atoms with Crippen molar-refractivity contribution in [1.82, 2.24) is 0 Å². The molecular formula is C6H15N. The molecule has 0 saturated heterocycles. The Morgan fingerprint density at radius 1 is 1.43 bits per heavy atom. The summed E-state index contributed by atoms with van der Waals surface area (Å²) in [5, 5.41) is 7.62. The largest absolute Gasteiger partial charge is 0.198 e. The molecule has 0 heterocycles. The van der Waals surface area contributed by atoms with E-state index >= 15 is 0 Å². The molecule has 0 aliphatic carbocycles. The van der Waals surface area contributed by atoms with Gasteiger partial charge in [0.15, 0.2) is 0 Å². The lowest BCUT2D eigenvalue weighted by molar-refractivity contribution is 1.22. The predicted octanol–water partition coefficient (Wildman–Crippen LogP) is 2.58. The third-order valence-electron chi connectivity index (χ3n) is 0.158. The zero-order valence-electron chi connectivity index (χ0n) is 4.65. The molecule has 0 amide bonds. The first-order valence-electron chi connectivity index (χ1n) is 2.28. The second-order valence-electron chi connectivity index (χ2n) is 0.512. The Morgan fingerprint density at radius 2 is 1.57 bits per heavy atom. The summed E-state index contributed by atoms with van der Waals surface area (Å²) in [6.45, 7) is 5.82. The molecule has 0 bridgehead atoms. The van der Waals surface area contributed by atoms with E-state index in [1.165, 1.54) is 0 Å². The Labute approximate surface area is 47.0 Å². The average Bonchev–Trinajstić information content (AvgIpc) is 1.72. The van der Waals surface area contributed by atoms with E-state index in [-0.39, 0.29) is 7.43 Å². The monoisotopic (exact) mass is 101 g/mol. The Balaban J connectivity index is -0.0000000480. The van der Waals surface area contributed by atoms with Crippen LogP contribution in [0.1, 0.15) is 34.6 Å².